The molecule has 0 aliphatic heterocycles. The summed E-state index contributed by atoms with van der Waals surface area (Å²) in [4.78, 5) is 0. The Labute approximate surface area is 71.6 Å². The highest BCUT2D eigenvalue weighted by molar-refractivity contribution is 5.41. The molecule has 0 aromatic carbocycles. The fraction of sp³-hybridized carbons (Fsp3) is 0.500. The average Bonchev–Trinajstić information content (AvgIpc) is 2.30. The molecule has 0 unspecified atom stereocenters. The Bertz CT molecular complexity index is 319. The summed E-state index contributed by atoms with van der Waals surface area (Å²) in [6.07, 6.45) is 0.449. The fourth-order valence-corrected chi connectivity index (χ4v) is 1.02. The molecule has 1 rings (SSSR count). The Morgan fingerprint density at radius 2 is 2.25 bits per heavy atom. The second-order valence-electron chi connectivity index (χ2n) is 2.73. The Hall–Kier alpha value is -1.50. The third-order valence-electron chi connectivity index (χ3n) is 1.91. The highest BCUT2D eigenvalue weighted by atomic mass is 15.3. The third-order valence-corrected chi connectivity index (χ3v) is 1.91. The lowest BCUT2D eigenvalue weighted by Gasteiger charge is -1.98. The Morgan fingerprint density at radius 3 is 2.67 bits per heavy atom. The normalized spacial score (nSPS) is 9.75. The summed E-state index contributed by atoms with van der Waals surface area (Å²) in [6, 6.07) is 2.06. The first-order chi connectivity index (χ1) is 5.66. The highest BCUT2D eigenvalue weighted by Gasteiger charge is 2.06. The largest absolute Gasteiger partial charge is 0.384 e. The molecule has 0 bridgehead atoms. The van der Waals surface area contributed by atoms with Crippen LogP contribution in [0.5, 0.6) is 0 Å². The van der Waals surface area contributed by atoms with E-state index < -0.39 is 0 Å². The molecule has 1 aromatic heterocycles. The van der Waals surface area contributed by atoms with Gasteiger partial charge in [0.1, 0.15) is 5.82 Å². The molecule has 0 fully saturated rings. The van der Waals surface area contributed by atoms with Crippen LogP contribution >= 0.6 is 0 Å². The van der Waals surface area contributed by atoms with E-state index in [1.54, 1.807) is 4.68 Å². The molecule has 0 aliphatic carbocycles. The van der Waals surface area contributed by atoms with Crippen molar-refractivity contribution in [1.29, 1.82) is 5.26 Å². The number of nitrogens with zero attached hydrogens (tertiary/aromatic N) is 3. The molecule has 4 heteroatoms. The molecule has 0 spiro atoms. The van der Waals surface area contributed by atoms with E-state index in [0.717, 1.165) is 11.3 Å². The van der Waals surface area contributed by atoms with Crippen molar-refractivity contribution >= 4 is 5.82 Å². The van der Waals surface area contributed by atoms with Crippen molar-refractivity contribution in [2.45, 2.75) is 26.8 Å². The number of nitriles is 1. The maximum Gasteiger partial charge on any atom is 0.124 e. The number of aryl methyl sites for hydroxylation is 2. The topological polar surface area (TPSA) is 67.6 Å². The van der Waals surface area contributed by atoms with Crippen LogP contribution in [-0.4, -0.2) is 9.78 Å². The van der Waals surface area contributed by atoms with Crippen molar-refractivity contribution in [3.63, 3.8) is 0 Å². The molecule has 0 atom stereocenters. The molecule has 1 aromatic rings. The number of nitrogens with two attached hydrogens (primary N) is 1. The maximum absolute atomic E-state index is 8.36. The van der Waals surface area contributed by atoms with E-state index in [1.807, 2.05) is 13.8 Å². The standard InChI is InChI=1S/C8H12N4/c1-6-7(2)11-12(8(6)10)5-3-4-9/h3,5,10H2,1-2H3. The molecule has 64 valence electrons. The van der Waals surface area contributed by atoms with Gasteiger partial charge in [-0.15, -0.1) is 0 Å². The molecule has 12 heavy (non-hydrogen) atoms. The van der Waals surface area contributed by atoms with Gasteiger partial charge in [-0.3, -0.25) is 0 Å². The van der Waals surface area contributed by atoms with Gasteiger partial charge in [-0.05, 0) is 13.8 Å². The zero-order valence-electron chi connectivity index (χ0n) is 7.33. The predicted molar refractivity (Wildman–Crippen MR) is 46.3 cm³/mol. The molecule has 0 amide bonds. The molecular formula is C8H12N4. The van der Waals surface area contributed by atoms with Crippen LogP contribution < -0.4 is 5.73 Å². The molecule has 0 saturated heterocycles. The quantitative estimate of drug-likeness (QED) is 0.708. The van der Waals surface area contributed by atoms with Gasteiger partial charge in [-0.2, -0.15) is 10.4 Å². The summed E-state index contributed by atoms with van der Waals surface area (Å²) < 4.78 is 1.67. The first-order valence-electron chi connectivity index (χ1n) is 3.83. The number of rotatable bonds is 2. The smallest absolute Gasteiger partial charge is 0.124 e. The van der Waals surface area contributed by atoms with Crippen LogP contribution in [0, 0.1) is 25.2 Å². The van der Waals surface area contributed by atoms with Gasteiger partial charge in [0.25, 0.3) is 0 Å². The van der Waals surface area contributed by atoms with E-state index in [0.29, 0.717) is 18.8 Å². The Balaban J connectivity index is 2.87. The molecular weight excluding hydrogens is 152 g/mol. The van der Waals surface area contributed by atoms with Gasteiger partial charge in [0.15, 0.2) is 0 Å². The molecule has 0 radical (unpaired) electrons. The van der Waals surface area contributed by atoms with Crippen LogP contribution in [-0.2, 0) is 6.54 Å². The van der Waals surface area contributed by atoms with Crippen molar-refractivity contribution < 1.29 is 0 Å². The molecule has 0 saturated carbocycles. The second-order valence-corrected chi connectivity index (χ2v) is 2.73. The van der Waals surface area contributed by atoms with Gasteiger partial charge in [-0.1, -0.05) is 0 Å². The predicted octanol–water partition coefficient (Wildman–Crippen LogP) is 0.996. The van der Waals surface area contributed by atoms with E-state index >= 15 is 0 Å². The van der Waals surface area contributed by atoms with E-state index in [9.17, 15) is 0 Å². The minimum Gasteiger partial charge on any atom is -0.384 e. The van der Waals surface area contributed by atoms with Crippen molar-refractivity contribution in [3.8, 4) is 6.07 Å². The highest BCUT2D eigenvalue weighted by Crippen LogP contribution is 2.14. The van der Waals surface area contributed by atoms with E-state index in [4.69, 9.17) is 11.0 Å². The fourth-order valence-electron chi connectivity index (χ4n) is 1.02. The minimum absolute atomic E-state index is 0.449. The van der Waals surface area contributed by atoms with E-state index in [2.05, 4.69) is 11.2 Å². The lowest BCUT2D eigenvalue weighted by Crippen LogP contribution is -2.04. The van der Waals surface area contributed by atoms with Crippen LogP contribution in [0.2, 0.25) is 0 Å². The van der Waals surface area contributed by atoms with Crippen LogP contribution in [0.4, 0.5) is 5.82 Å². The summed E-state index contributed by atoms with van der Waals surface area (Å²) in [5.41, 5.74) is 7.68. The Morgan fingerprint density at radius 1 is 1.58 bits per heavy atom. The SMILES string of the molecule is Cc1nn(CCC#N)c(N)c1C. The minimum atomic E-state index is 0.449. The van der Waals surface area contributed by atoms with Crippen molar-refractivity contribution in [2.75, 3.05) is 5.73 Å². The van der Waals surface area contributed by atoms with Gasteiger partial charge in [-0.25, -0.2) is 4.68 Å². The first-order valence-corrected chi connectivity index (χ1v) is 3.83. The van der Waals surface area contributed by atoms with Gasteiger partial charge >= 0.3 is 0 Å². The van der Waals surface area contributed by atoms with Crippen LogP contribution in [0.15, 0.2) is 0 Å². The molecule has 0 aliphatic rings. The number of aromatic nitrogens is 2. The summed E-state index contributed by atoms with van der Waals surface area (Å²) in [6.45, 7) is 4.42. The van der Waals surface area contributed by atoms with Gasteiger partial charge < -0.3 is 5.73 Å². The molecule has 2 N–H and O–H groups in total. The first kappa shape index (κ1) is 8.60. The van der Waals surface area contributed by atoms with Gasteiger partial charge in [0.05, 0.1) is 24.7 Å². The summed E-state index contributed by atoms with van der Waals surface area (Å²) in [5, 5.41) is 12.6. The number of hydrogen-bond acceptors (Lipinski definition) is 3. The average molecular weight is 164 g/mol. The molecule has 4 nitrogen and oxygen atoms in total. The van der Waals surface area contributed by atoms with E-state index in [1.165, 1.54) is 0 Å². The van der Waals surface area contributed by atoms with Gasteiger partial charge in [0.2, 0.25) is 0 Å². The summed E-state index contributed by atoms with van der Waals surface area (Å²) in [7, 11) is 0. The Kier molecular flexibility index (Phi) is 2.34. The molecule has 1 heterocycles. The summed E-state index contributed by atoms with van der Waals surface area (Å²) >= 11 is 0. The number of nitrogen functional groups attached to an aromatic ring is 1. The van der Waals surface area contributed by atoms with Crippen molar-refractivity contribution in [3.05, 3.63) is 11.3 Å². The summed E-state index contributed by atoms with van der Waals surface area (Å²) in [5.74, 6) is 0.669. The number of hydrogen-bond donors (Lipinski definition) is 1. The zero-order chi connectivity index (χ0) is 9.14. The van der Waals surface area contributed by atoms with Crippen LogP contribution in [0.1, 0.15) is 17.7 Å². The van der Waals surface area contributed by atoms with Crippen LogP contribution in [0.25, 0.3) is 0 Å². The zero-order valence-corrected chi connectivity index (χ0v) is 7.33. The van der Waals surface area contributed by atoms with E-state index in [-0.39, 0.29) is 0 Å². The van der Waals surface area contributed by atoms with Crippen LogP contribution in [0.3, 0.4) is 0 Å². The monoisotopic (exact) mass is 164 g/mol. The van der Waals surface area contributed by atoms with Crippen molar-refractivity contribution in [2.24, 2.45) is 0 Å². The second kappa shape index (κ2) is 3.26. The third kappa shape index (κ3) is 1.40. The van der Waals surface area contributed by atoms with Crippen molar-refractivity contribution in [1.82, 2.24) is 9.78 Å². The maximum atomic E-state index is 8.36. The van der Waals surface area contributed by atoms with Gasteiger partial charge in [0, 0.05) is 5.56 Å². The number of anilines is 1. The lowest BCUT2D eigenvalue weighted by atomic mass is 10.3. The lowest BCUT2D eigenvalue weighted by molar-refractivity contribution is 0.631.